The number of hydrogen-bond acceptors (Lipinski definition) is 4. The fourth-order valence-electron chi connectivity index (χ4n) is 4.01. The van der Waals surface area contributed by atoms with E-state index in [4.69, 9.17) is 15.0 Å². The van der Waals surface area contributed by atoms with Crippen molar-refractivity contribution in [3.63, 3.8) is 0 Å². The zero-order valence-electron chi connectivity index (χ0n) is 16.2. The van der Waals surface area contributed by atoms with Crippen molar-refractivity contribution in [1.82, 2.24) is 10.2 Å². The number of nitrogens with zero attached hydrogens (tertiary/aromatic N) is 1. The fourth-order valence-corrected chi connectivity index (χ4v) is 4.01. The second-order valence-electron chi connectivity index (χ2n) is 7.65. The smallest absolute Gasteiger partial charge is 0.300 e. The first-order chi connectivity index (χ1) is 12.9. The molecule has 0 atom stereocenters. The number of carbonyl (C=O) groups is 2. The van der Waals surface area contributed by atoms with Gasteiger partial charge < -0.3 is 20.4 Å². The van der Waals surface area contributed by atoms with Crippen LogP contribution in [0.2, 0.25) is 0 Å². The van der Waals surface area contributed by atoms with Gasteiger partial charge in [-0.05, 0) is 61.7 Å². The highest BCUT2D eigenvalue weighted by Gasteiger charge is 2.34. The van der Waals surface area contributed by atoms with Gasteiger partial charge in [-0.3, -0.25) is 9.59 Å². The first kappa shape index (κ1) is 21.4. The molecule has 3 N–H and O–H groups in total. The second kappa shape index (κ2) is 10.4. The van der Waals surface area contributed by atoms with Crippen LogP contribution < -0.4 is 5.32 Å². The maximum Gasteiger partial charge on any atom is 0.300 e. The first-order valence-corrected chi connectivity index (χ1v) is 9.81. The molecule has 1 aromatic carbocycles. The Morgan fingerprint density at radius 3 is 2.22 bits per heavy atom. The Bertz CT molecular complexity index is 605. The zero-order valence-corrected chi connectivity index (χ0v) is 16.2. The topological polar surface area (TPSA) is 89.9 Å². The van der Waals surface area contributed by atoms with E-state index < -0.39 is 5.97 Å². The number of aliphatic carboxylic acids is 1. The molecular weight excluding hydrogens is 344 g/mol. The van der Waals surface area contributed by atoms with Crippen LogP contribution in [0.1, 0.15) is 50.2 Å². The predicted octanol–water partition coefficient (Wildman–Crippen LogP) is 2.19. The number of rotatable bonds is 3. The molecule has 0 radical (unpaired) electrons. The maximum absolute atomic E-state index is 12.6. The minimum Gasteiger partial charge on any atom is -0.481 e. The van der Waals surface area contributed by atoms with Crippen molar-refractivity contribution in [3.8, 4) is 0 Å². The zero-order chi connectivity index (χ0) is 19.7. The Balaban J connectivity index is 0.000000596. The molecule has 0 bridgehead atoms. The molecule has 2 fully saturated rings. The Labute approximate surface area is 161 Å². The lowest BCUT2D eigenvalue weighted by atomic mass is 9.73. The number of aliphatic hydroxyl groups is 1. The minimum absolute atomic E-state index is 0.0529. The quantitative estimate of drug-likeness (QED) is 0.752. The van der Waals surface area contributed by atoms with E-state index in [2.05, 4.69) is 10.2 Å². The lowest BCUT2D eigenvalue weighted by Crippen LogP contribution is -2.38. The van der Waals surface area contributed by atoms with Crippen molar-refractivity contribution in [1.29, 1.82) is 0 Å². The van der Waals surface area contributed by atoms with Gasteiger partial charge in [0, 0.05) is 20.0 Å². The summed E-state index contributed by atoms with van der Waals surface area (Å²) in [6.45, 7) is 5.21. The average Bonchev–Trinajstić information content (AvgIpc) is 2.85. The van der Waals surface area contributed by atoms with Crippen LogP contribution in [-0.4, -0.2) is 53.2 Å². The van der Waals surface area contributed by atoms with Crippen LogP contribution >= 0.6 is 0 Å². The summed E-state index contributed by atoms with van der Waals surface area (Å²) in [6.07, 6.45) is 6.55. The highest BCUT2D eigenvalue weighted by Crippen LogP contribution is 2.39. The number of amides is 1. The van der Waals surface area contributed by atoms with Gasteiger partial charge >= 0.3 is 0 Å². The van der Waals surface area contributed by atoms with E-state index >= 15 is 0 Å². The number of aliphatic hydroxyl groups excluding tert-OH is 1. The molecule has 27 heavy (non-hydrogen) atoms. The molecule has 2 aliphatic heterocycles. The molecule has 1 amide bonds. The number of nitrogens with one attached hydrogen (secondary N) is 1. The average molecular weight is 376 g/mol. The molecular formula is C21H32N2O4. The van der Waals surface area contributed by atoms with Crippen molar-refractivity contribution >= 4 is 11.9 Å². The molecule has 0 aliphatic carbocycles. The van der Waals surface area contributed by atoms with Gasteiger partial charge in [0.25, 0.3) is 5.97 Å². The molecule has 0 aromatic heterocycles. The monoisotopic (exact) mass is 376 g/mol. The Kier molecular flexibility index (Phi) is 8.25. The van der Waals surface area contributed by atoms with Crippen molar-refractivity contribution in [3.05, 3.63) is 35.4 Å². The van der Waals surface area contributed by atoms with Crippen LogP contribution in [0, 0.1) is 5.41 Å². The second-order valence-corrected chi connectivity index (χ2v) is 7.65. The third-order valence-corrected chi connectivity index (χ3v) is 5.63. The molecule has 2 aliphatic rings. The standard InChI is InChI=1S/C19H28N2O2.C2H4O2/c22-15-17-4-2-16(3-5-17)14-18(23)21-12-1-6-19(9-13-21)7-10-20-11-8-19;1-2(3)4/h2-5,20,22H,1,6-15H2;1H3,(H,3,4). The van der Waals surface area contributed by atoms with Crippen LogP contribution in [0.15, 0.2) is 24.3 Å². The SMILES string of the molecule is CC(=O)O.O=C(Cc1ccc(CO)cc1)N1CCCC2(CCNCC2)CC1. The number of hydrogen-bond donors (Lipinski definition) is 3. The molecule has 0 unspecified atom stereocenters. The van der Waals surface area contributed by atoms with Crippen LogP contribution in [0.5, 0.6) is 0 Å². The molecule has 3 rings (SSSR count). The van der Waals surface area contributed by atoms with E-state index in [1.807, 2.05) is 24.3 Å². The lowest BCUT2D eigenvalue weighted by Gasteiger charge is -2.37. The van der Waals surface area contributed by atoms with E-state index in [1.165, 1.54) is 19.3 Å². The van der Waals surface area contributed by atoms with Crippen molar-refractivity contribution in [2.75, 3.05) is 26.2 Å². The maximum atomic E-state index is 12.6. The van der Waals surface area contributed by atoms with Crippen LogP contribution in [-0.2, 0) is 22.6 Å². The molecule has 150 valence electrons. The van der Waals surface area contributed by atoms with Crippen LogP contribution in [0.25, 0.3) is 0 Å². The van der Waals surface area contributed by atoms with E-state index in [9.17, 15) is 4.79 Å². The molecule has 0 saturated carbocycles. The number of piperidine rings is 1. The molecule has 2 saturated heterocycles. The van der Waals surface area contributed by atoms with E-state index in [0.29, 0.717) is 11.8 Å². The number of benzene rings is 1. The van der Waals surface area contributed by atoms with E-state index in [-0.39, 0.29) is 12.5 Å². The highest BCUT2D eigenvalue weighted by molar-refractivity contribution is 5.78. The Morgan fingerprint density at radius 2 is 1.63 bits per heavy atom. The van der Waals surface area contributed by atoms with Gasteiger partial charge in [0.1, 0.15) is 0 Å². The number of likely N-dealkylation sites (tertiary alicyclic amines) is 1. The van der Waals surface area contributed by atoms with Crippen LogP contribution in [0.4, 0.5) is 0 Å². The van der Waals surface area contributed by atoms with E-state index in [0.717, 1.165) is 57.1 Å². The van der Waals surface area contributed by atoms with Gasteiger partial charge in [0.15, 0.2) is 0 Å². The molecule has 1 aromatic rings. The summed E-state index contributed by atoms with van der Waals surface area (Å²) in [6, 6.07) is 7.70. The summed E-state index contributed by atoms with van der Waals surface area (Å²) in [5, 5.41) is 20.0. The van der Waals surface area contributed by atoms with Gasteiger partial charge in [-0.25, -0.2) is 0 Å². The number of carboxylic acids is 1. The van der Waals surface area contributed by atoms with E-state index in [1.54, 1.807) is 0 Å². The minimum atomic E-state index is -0.833. The van der Waals surface area contributed by atoms with Gasteiger partial charge in [-0.2, -0.15) is 0 Å². The Morgan fingerprint density at radius 1 is 1.04 bits per heavy atom. The van der Waals surface area contributed by atoms with Gasteiger partial charge in [0.05, 0.1) is 13.0 Å². The third-order valence-electron chi connectivity index (χ3n) is 5.63. The Hall–Kier alpha value is -1.92. The summed E-state index contributed by atoms with van der Waals surface area (Å²) in [5.74, 6) is -0.590. The third kappa shape index (κ3) is 6.96. The van der Waals surface area contributed by atoms with Crippen LogP contribution in [0.3, 0.4) is 0 Å². The predicted molar refractivity (Wildman–Crippen MR) is 104 cm³/mol. The first-order valence-electron chi connectivity index (χ1n) is 9.81. The molecule has 2 heterocycles. The highest BCUT2D eigenvalue weighted by atomic mass is 16.4. The number of carboxylic acid groups (broad SMARTS) is 1. The van der Waals surface area contributed by atoms with Gasteiger partial charge in [-0.15, -0.1) is 0 Å². The largest absolute Gasteiger partial charge is 0.481 e. The summed E-state index contributed by atoms with van der Waals surface area (Å²) >= 11 is 0. The summed E-state index contributed by atoms with van der Waals surface area (Å²) < 4.78 is 0. The van der Waals surface area contributed by atoms with Crippen molar-refractivity contribution in [2.45, 2.75) is 52.1 Å². The number of carbonyl (C=O) groups excluding carboxylic acids is 1. The molecule has 1 spiro atoms. The lowest BCUT2D eigenvalue weighted by molar-refractivity contribution is -0.134. The molecule has 6 heteroatoms. The summed E-state index contributed by atoms with van der Waals surface area (Å²) in [4.78, 5) is 23.7. The van der Waals surface area contributed by atoms with Gasteiger partial charge in [-0.1, -0.05) is 24.3 Å². The van der Waals surface area contributed by atoms with Gasteiger partial charge in [0.2, 0.25) is 5.91 Å². The summed E-state index contributed by atoms with van der Waals surface area (Å²) in [7, 11) is 0. The molecule has 6 nitrogen and oxygen atoms in total. The van der Waals surface area contributed by atoms with Crippen molar-refractivity contribution < 1.29 is 19.8 Å². The summed E-state index contributed by atoms with van der Waals surface area (Å²) in [5.41, 5.74) is 2.40. The normalized spacial score (nSPS) is 19.0. The fraction of sp³-hybridized carbons (Fsp3) is 0.619. The van der Waals surface area contributed by atoms with Crippen molar-refractivity contribution in [2.24, 2.45) is 5.41 Å².